The minimum absolute atomic E-state index is 0.216. The minimum atomic E-state index is -0.216. The van der Waals surface area contributed by atoms with Gasteiger partial charge in [0.25, 0.3) is 0 Å². The van der Waals surface area contributed by atoms with Crippen molar-refractivity contribution in [2.24, 2.45) is 11.3 Å². The van der Waals surface area contributed by atoms with E-state index in [4.69, 9.17) is 10.4 Å². The van der Waals surface area contributed by atoms with Crippen molar-refractivity contribution in [1.82, 2.24) is 5.32 Å². The molecular weight excluding hydrogens is 200 g/mol. The maximum absolute atomic E-state index is 8.93. The summed E-state index contributed by atoms with van der Waals surface area (Å²) in [5.74, 6) is 0.538. The zero-order valence-electron chi connectivity index (χ0n) is 11.1. The molecule has 1 atom stereocenters. The molecule has 3 heteroatoms. The Bertz CT molecular complexity index is 218. The number of aliphatic hydroxyl groups excluding tert-OH is 1. The Morgan fingerprint density at radius 3 is 2.44 bits per heavy atom. The van der Waals surface area contributed by atoms with E-state index in [1.807, 2.05) is 13.8 Å². The molecule has 1 unspecified atom stereocenters. The molecular formula is C13H26N2O. The molecule has 0 radical (unpaired) electrons. The van der Waals surface area contributed by atoms with Gasteiger partial charge in [0.1, 0.15) is 0 Å². The first-order chi connectivity index (χ1) is 7.43. The summed E-state index contributed by atoms with van der Waals surface area (Å²) in [6.07, 6.45) is 2.73. The lowest BCUT2D eigenvalue weighted by Gasteiger charge is -2.22. The van der Waals surface area contributed by atoms with E-state index in [2.05, 4.69) is 25.2 Å². The largest absolute Gasteiger partial charge is 0.396 e. The predicted molar refractivity (Wildman–Crippen MR) is 67.0 cm³/mol. The molecule has 0 saturated carbocycles. The van der Waals surface area contributed by atoms with Crippen molar-refractivity contribution in [3.8, 4) is 6.07 Å². The van der Waals surface area contributed by atoms with Crippen molar-refractivity contribution < 1.29 is 5.11 Å². The van der Waals surface area contributed by atoms with Crippen molar-refractivity contribution in [3.05, 3.63) is 0 Å². The van der Waals surface area contributed by atoms with Gasteiger partial charge < -0.3 is 10.4 Å². The minimum Gasteiger partial charge on any atom is -0.396 e. The summed E-state index contributed by atoms with van der Waals surface area (Å²) in [7, 11) is 0. The Morgan fingerprint density at radius 1 is 1.38 bits per heavy atom. The van der Waals surface area contributed by atoms with Gasteiger partial charge in [0.15, 0.2) is 0 Å². The standard InChI is InChI=1S/C13H26N2O/c1-11(2)12(6-9-16)15-8-5-7-13(3,4)10-14/h11-12,15-16H,5-9H2,1-4H3. The van der Waals surface area contributed by atoms with Crippen LogP contribution in [0.2, 0.25) is 0 Å². The summed E-state index contributed by atoms with van der Waals surface area (Å²) in [5, 5.41) is 21.2. The molecule has 2 N–H and O–H groups in total. The Balaban J connectivity index is 3.75. The third-order valence-electron chi connectivity index (χ3n) is 2.93. The smallest absolute Gasteiger partial charge is 0.0683 e. The molecule has 0 aliphatic rings. The van der Waals surface area contributed by atoms with Crippen LogP contribution in [0.15, 0.2) is 0 Å². The number of rotatable bonds is 8. The number of nitrogens with one attached hydrogen (secondary N) is 1. The Hall–Kier alpha value is -0.590. The van der Waals surface area contributed by atoms with Crippen molar-refractivity contribution in [3.63, 3.8) is 0 Å². The summed E-state index contributed by atoms with van der Waals surface area (Å²) in [6, 6.07) is 2.69. The highest BCUT2D eigenvalue weighted by Crippen LogP contribution is 2.20. The van der Waals surface area contributed by atoms with Gasteiger partial charge in [0, 0.05) is 12.6 Å². The molecule has 3 nitrogen and oxygen atoms in total. The summed E-state index contributed by atoms with van der Waals surface area (Å²) in [6.45, 7) is 9.42. The van der Waals surface area contributed by atoms with Gasteiger partial charge in [-0.2, -0.15) is 5.26 Å². The lowest BCUT2D eigenvalue weighted by Crippen LogP contribution is -2.35. The van der Waals surface area contributed by atoms with Gasteiger partial charge in [0.05, 0.1) is 11.5 Å². The van der Waals surface area contributed by atoms with Crippen molar-refractivity contribution in [1.29, 1.82) is 5.26 Å². The summed E-state index contributed by atoms with van der Waals surface area (Å²) in [4.78, 5) is 0. The first-order valence-electron chi connectivity index (χ1n) is 6.18. The van der Waals surface area contributed by atoms with E-state index in [0.717, 1.165) is 25.8 Å². The first-order valence-corrected chi connectivity index (χ1v) is 6.18. The first kappa shape index (κ1) is 15.4. The highest BCUT2D eigenvalue weighted by molar-refractivity contribution is 4.91. The fourth-order valence-corrected chi connectivity index (χ4v) is 1.68. The van der Waals surface area contributed by atoms with Gasteiger partial charge in [0.2, 0.25) is 0 Å². The van der Waals surface area contributed by atoms with E-state index in [-0.39, 0.29) is 12.0 Å². The summed E-state index contributed by atoms with van der Waals surface area (Å²) >= 11 is 0. The fraction of sp³-hybridized carbons (Fsp3) is 0.923. The third-order valence-corrected chi connectivity index (χ3v) is 2.93. The number of nitrogens with zero attached hydrogens (tertiary/aromatic N) is 1. The number of aliphatic hydroxyl groups is 1. The zero-order chi connectivity index (χ0) is 12.6. The van der Waals surface area contributed by atoms with E-state index in [1.165, 1.54) is 0 Å². The Morgan fingerprint density at radius 2 is 2.00 bits per heavy atom. The van der Waals surface area contributed by atoms with Crippen LogP contribution >= 0.6 is 0 Å². The molecule has 0 rings (SSSR count). The molecule has 94 valence electrons. The molecule has 0 heterocycles. The van der Waals surface area contributed by atoms with Crippen LogP contribution in [0.4, 0.5) is 0 Å². The number of hydrogen-bond donors (Lipinski definition) is 2. The molecule has 0 aromatic rings. The highest BCUT2D eigenvalue weighted by Gasteiger charge is 2.16. The monoisotopic (exact) mass is 226 g/mol. The normalized spacial score (nSPS) is 13.8. The average Bonchev–Trinajstić information content (AvgIpc) is 2.22. The van der Waals surface area contributed by atoms with Gasteiger partial charge in [-0.1, -0.05) is 13.8 Å². The maximum Gasteiger partial charge on any atom is 0.0683 e. The maximum atomic E-state index is 8.93. The molecule has 0 aromatic carbocycles. The Kier molecular flexibility index (Phi) is 7.36. The van der Waals surface area contributed by atoms with Crippen LogP contribution in [-0.4, -0.2) is 24.3 Å². The van der Waals surface area contributed by atoms with Gasteiger partial charge in [-0.3, -0.25) is 0 Å². The molecule has 0 bridgehead atoms. The topological polar surface area (TPSA) is 56.0 Å². The third kappa shape index (κ3) is 6.81. The molecule has 0 aromatic heterocycles. The molecule has 0 aliphatic heterocycles. The van der Waals surface area contributed by atoms with Crippen molar-refractivity contribution in [2.75, 3.05) is 13.2 Å². The quantitative estimate of drug-likeness (QED) is 0.624. The lowest BCUT2D eigenvalue weighted by molar-refractivity contribution is 0.243. The summed E-state index contributed by atoms with van der Waals surface area (Å²) in [5.41, 5.74) is -0.216. The molecule has 0 saturated heterocycles. The van der Waals surface area contributed by atoms with Gasteiger partial charge in [-0.05, 0) is 45.6 Å². The summed E-state index contributed by atoms with van der Waals surface area (Å²) < 4.78 is 0. The molecule has 16 heavy (non-hydrogen) atoms. The zero-order valence-corrected chi connectivity index (χ0v) is 11.1. The van der Waals surface area contributed by atoms with Crippen LogP contribution in [0.3, 0.4) is 0 Å². The van der Waals surface area contributed by atoms with E-state index in [0.29, 0.717) is 12.0 Å². The SMILES string of the molecule is CC(C)C(CCO)NCCCC(C)(C)C#N. The van der Waals surface area contributed by atoms with E-state index in [9.17, 15) is 0 Å². The van der Waals surface area contributed by atoms with Crippen LogP contribution in [0.5, 0.6) is 0 Å². The second-order valence-electron chi connectivity index (χ2n) is 5.42. The predicted octanol–water partition coefficient (Wildman–Crippen LogP) is 2.31. The van der Waals surface area contributed by atoms with Crippen LogP contribution < -0.4 is 5.32 Å². The molecule has 0 fully saturated rings. The molecule has 0 spiro atoms. The Labute approximate surface area is 99.9 Å². The van der Waals surface area contributed by atoms with Crippen LogP contribution in [0, 0.1) is 22.7 Å². The van der Waals surface area contributed by atoms with Crippen molar-refractivity contribution >= 4 is 0 Å². The van der Waals surface area contributed by atoms with Gasteiger partial charge >= 0.3 is 0 Å². The van der Waals surface area contributed by atoms with Gasteiger partial charge in [-0.15, -0.1) is 0 Å². The second-order valence-corrected chi connectivity index (χ2v) is 5.42. The van der Waals surface area contributed by atoms with E-state index < -0.39 is 0 Å². The second kappa shape index (κ2) is 7.65. The lowest BCUT2D eigenvalue weighted by atomic mass is 9.90. The average molecular weight is 226 g/mol. The molecule has 0 amide bonds. The highest BCUT2D eigenvalue weighted by atomic mass is 16.3. The van der Waals surface area contributed by atoms with E-state index in [1.54, 1.807) is 0 Å². The van der Waals surface area contributed by atoms with Crippen molar-refractivity contribution in [2.45, 2.75) is 53.0 Å². The van der Waals surface area contributed by atoms with Gasteiger partial charge in [-0.25, -0.2) is 0 Å². The van der Waals surface area contributed by atoms with Crippen LogP contribution in [0.25, 0.3) is 0 Å². The fourth-order valence-electron chi connectivity index (χ4n) is 1.68. The molecule has 0 aliphatic carbocycles. The number of nitriles is 1. The number of hydrogen-bond acceptors (Lipinski definition) is 3. The van der Waals surface area contributed by atoms with Crippen LogP contribution in [0.1, 0.15) is 47.0 Å². The van der Waals surface area contributed by atoms with E-state index >= 15 is 0 Å². The van der Waals surface area contributed by atoms with Crippen LogP contribution in [-0.2, 0) is 0 Å².